The van der Waals surface area contributed by atoms with Crippen molar-refractivity contribution in [2.24, 2.45) is 5.14 Å². The van der Waals surface area contributed by atoms with Gasteiger partial charge in [0.25, 0.3) is 5.91 Å². The third kappa shape index (κ3) is 5.61. The molecular formula is C21H22N4O6S. The SMILES string of the molecule is N#CCN(C(=O)COC(=O)c1cc(S(N)(=O)=O)ccc1N1CCOCC1)c1ccccc1. The van der Waals surface area contributed by atoms with Gasteiger partial charge in [-0.3, -0.25) is 9.69 Å². The quantitative estimate of drug-likeness (QED) is 0.476. The van der Waals surface area contributed by atoms with E-state index < -0.39 is 28.5 Å². The van der Waals surface area contributed by atoms with Crippen LogP contribution in [0, 0.1) is 11.3 Å². The highest BCUT2D eigenvalue weighted by Crippen LogP contribution is 2.26. The van der Waals surface area contributed by atoms with Crippen LogP contribution in [0.1, 0.15) is 10.4 Å². The van der Waals surface area contributed by atoms with Crippen LogP contribution < -0.4 is 14.9 Å². The molecule has 0 saturated carbocycles. The minimum Gasteiger partial charge on any atom is -0.452 e. The van der Waals surface area contributed by atoms with Crippen LogP contribution in [0.3, 0.4) is 0 Å². The number of nitriles is 1. The number of anilines is 2. The molecule has 0 spiro atoms. The van der Waals surface area contributed by atoms with Crippen LogP contribution in [-0.4, -0.2) is 59.7 Å². The van der Waals surface area contributed by atoms with Gasteiger partial charge >= 0.3 is 5.97 Å². The molecule has 2 N–H and O–H groups in total. The first kappa shape index (κ1) is 23.2. The molecule has 10 nitrogen and oxygen atoms in total. The molecule has 0 aliphatic carbocycles. The molecule has 32 heavy (non-hydrogen) atoms. The molecule has 2 aromatic rings. The number of rotatable bonds is 7. The van der Waals surface area contributed by atoms with E-state index in [1.165, 1.54) is 17.0 Å². The maximum Gasteiger partial charge on any atom is 0.340 e. The van der Waals surface area contributed by atoms with Crippen LogP contribution in [0.4, 0.5) is 11.4 Å². The Morgan fingerprint density at radius 3 is 2.47 bits per heavy atom. The fourth-order valence-electron chi connectivity index (χ4n) is 3.22. The Hall–Kier alpha value is -3.46. The van der Waals surface area contributed by atoms with Crippen molar-refractivity contribution in [3.63, 3.8) is 0 Å². The van der Waals surface area contributed by atoms with Crippen molar-refractivity contribution in [2.45, 2.75) is 4.90 Å². The summed E-state index contributed by atoms with van der Waals surface area (Å²) in [6, 6.07) is 14.3. The molecule has 1 saturated heterocycles. The fourth-order valence-corrected chi connectivity index (χ4v) is 3.76. The van der Waals surface area contributed by atoms with Crippen molar-refractivity contribution < 1.29 is 27.5 Å². The Kier molecular flexibility index (Phi) is 7.42. The topological polar surface area (TPSA) is 143 Å². The number of hydrogen-bond acceptors (Lipinski definition) is 8. The van der Waals surface area contributed by atoms with Crippen molar-refractivity contribution in [2.75, 3.05) is 49.3 Å². The molecule has 1 fully saturated rings. The number of ether oxygens (including phenoxy) is 2. The van der Waals surface area contributed by atoms with E-state index in [0.717, 1.165) is 6.07 Å². The van der Waals surface area contributed by atoms with Gasteiger partial charge in [-0.05, 0) is 30.3 Å². The first-order valence-electron chi connectivity index (χ1n) is 9.70. The van der Waals surface area contributed by atoms with E-state index >= 15 is 0 Å². The standard InChI is InChI=1S/C21H22N4O6S/c22-8-9-25(16-4-2-1-3-5-16)20(26)15-31-21(27)18-14-17(32(23,28)29)6-7-19(18)24-10-12-30-13-11-24/h1-7,14H,9-13,15H2,(H2,23,28,29). The molecule has 11 heteroatoms. The number of nitrogens with zero attached hydrogens (tertiary/aromatic N) is 3. The number of carbonyl (C=O) groups excluding carboxylic acids is 2. The normalized spacial score (nSPS) is 13.8. The first-order chi connectivity index (χ1) is 15.3. The maximum absolute atomic E-state index is 12.9. The molecule has 1 heterocycles. The number of amides is 1. The zero-order chi connectivity index (χ0) is 23.1. The molecular weight excluding hydrogens is 436 g/mol. The number of esters is 1. The molecule has 1 amide bonds. The van der Waals surface area contributed by atoms with Crippen molar-refractivity contribution >= 4 is 33.3 Å². The Morgan fingerprint density at radius 1 is 1.16 bits per heavy atom. The number of nitrogens with two attached hydrogens (primary N) is 1. The van der Waals surface area contributed by atoms with Crippen LogP contribution in [0.15, 0.2) is 53.4 Å². The number of carbonyl (C=O) groups is 2. The molecule has 2 aromatic carbocycles. The van der Waals surface area contributed by atoms with Crippen molar-refractivity contribution in [1.29, 1.82) is 5.26 Å². The van der Waals surface area contributed by atoms with Gasteiger partial charge in [0, 0.05) is 18.8 Å². The summed E-state index contributed by atoms with van der Waals surface area (Å²) in [5.41, 5.74) is 0.910. The summed E-state index contributed by atoms with van der Waals surface area (Å²) in [7, 11) is -4.06. The lowest BCUT2D eigenvalue weighted by molar-refractivity contribution is -0.121. The predicted molar refractivity (Wildman–Crippen MR) is 116 cm³/mol. The van der Waals surface area contributed by atoms with Gasteiger partial charge in [0.2, 0.25) is 10.0 Å². The average Bonchev–Trinajstić information content (AvgIpc) is 2.81. The Bertz CT molecular complexity index is 1120. The van der Waals surface area contributed by atoms with E-state index in [2.05, 4.69) is 0 Å². The van der Waals surface area contributed by atoms with E-state index in [4.69, 9.17) is 19.9 Å². The molecule has 168 valence electrons. The van der Waals surface area contributed by atoms with Gasteiger partial charge in [-0.1, -0.05) is 18.2 Å². The second-order valence-electron chi connectivity index (χ2n) is 6.87. The fraction of sp³-hybridized carbons (Fsp3) is 0.286. The van der Waals surface area contributed by atoms with Crippen molar-refractivity contribution in [3.8, 4) is 6.07 Å². The predicted octanol–water partition coefficient (Wildman–Crippen LogP) is 0.884. The maximum atomic E-state index is 12.9. The molecule has 1 aliphatic rings. The lowest BCUT2D eigenvalue weighted by Gasteiger charge is -2.30. The Morgan fingerprint density at radius 2 is 1.84 bits per heavy atom. The lowest BCUT2D eigenvalue weighted by Crippen LogP contribution is -2.38. The monoisotopic (exact) mass is 458 g/mol. The highest BCUT2D eigenvalue weighted by Gasteiger charge is 2.24. The minimum atomic E-state index is -4.06. The van der Waals surface area contributed by atoms with Gasteiger partial charge < -0.3 is 14.4 Å². The number of sulfonamides is 1. The number of morpholine rings is 1. The summed E-state index contributed by atoms with van der Waals surface area (Å²) < 4.78 is 34.1. The number of benzene rings is 2. The molecule has 0 aromatic heterocycles. The van der Waals surface area contributed by atoms with E-state index in [1.807, 2.05) is 11.0 Å². The highest BCUT2D eigenvalue weighted by molar-refractivity contribution is 7.89. The molecule has 3 rings (SSSR count). The molecule has 0 radical (unpaired) electrons. The average molecular weight is 458 g/mol. The van der Waals surface area contributed by atoms with E-state index in [-0.39, 0.29) is 17.0 Å². The van der Waals surface area contributed by atoms with Crippen LogP contribution >= 0.6 is 0 Å². The second-order valence-corrected chi connectivity index (χ2v) is 8.43. The highest BCUT2D eigenvalue weighted by atomic mass is 32.2. The molecule has 1 aliphatic heterocycles. The molecule has 0 bridgehead atoms. The summed E-state index contributed by atoms with van der Waals surface area (Å²) in [5, 5.41) is 14.3. The van der Waals surface area contributed by atoms with E-state index in [0.29, 0.717) is 37.7 Å². The van der Waals surface area contributed by atoms with Gasteiger partial charge in [0.15, 0.2) is 6.61 Å². The van der Waals surface area contributed by atoms with E-state index in [1.54, 1.807) is 30.3 Å². The summed E-state index contributed by atoms with van der Waals surface area (Å²) in [6.07, 6.45) is 0. The van der Waals surface area contributed by atoms with Crippen LogP contribution in [-0.2, 0) is 24.3 Å². The van der Waals surface area contributed by atoms with Crippen LogP contribution in [0.2, 0.25) is 0 Å². The van der Waals surface area contributed by atoms with E-state index in [9.17, 15) is 18.0 Å². The third-order valence-electron chi connectivity index (χ3n) is 4.79. The zero-order valence-corrected chi connectivity index (χ0v) is 18.0. The molecule has 0 unspecified atom stereocenters. The van der Waals surface area contributed by atoms with Gasteiger partial charge in [-0.2, -0.15) is 5.26 Å². The molecule has 0 atom stereocenters. The van der Waals surface area contributed by atoms with Gasteiger partial charge in [0.05, 0.1) is 35.4 Å². The Labute approximate surface area is 185 Å². The third-order valence-corrected chi connectivity index (χ3v) is 5.70. The number of para-hydroxylation sites is 1. The second kappa shape index (κ2) is 10.2. The summed E-state index contributed by atoms with van der Waals surface area (Å²) >= 11 is 0. The lowest BCUT2D eigenvalue weighted by atomic mass is 10.1. The van der Waals surface area contributed by atoms with Crippen molar-refractivity contribution in [1.82, 2.24) is 0 Å². The smallest absolute Gasteiger partial charge is 0.340 e. The summed E-state index contributed by atoms with van der Waals surface area (Å²) in [5.74, 6) is -1.48. The minimum absolute atomic E-state index is 0.0298. The Balaban J connectivity index is 1.82. The van der Waals surface area contributed by atoms with Gasteiger partial charge in [0.1, 0.15) is 6.54 Å². The van der Waals surface area contributed by atoms with Gasteiger partial charge in [-0.15, -0.1) is 0 Å². The summed E-state index contributed by atoms with van der Waals surface area (Å²) in [4.78, 5) is 28.3. The first-order valence-corrected chi connectivity index (χ1v) is 11.2. The zero-order valence-electron chi connectivity index (χ0n) is 17.1. The van der Waals surface area contributed by atoms with Gasteiger partial charge in [-0.25, -0.2) is 18.4 Å². The van der Waals surface area contributed by atoms with Crippen LogP contribution in [0.5, 0.6) is 0 Å². The number of hydrogen-bond donors (Lipinski definition) is 1. The summed E-state index contributed by atoms with van der Waals surface area (Å²) in [6.45, 7) is 1.04. The van der Waals surface area contributed by atoms with Crippen LogP contribution in [0.25, 0.3) is 0 Å². The van der Waals surface area contributed by atoms with Crippen molar-refractivity contribution in [3.05, 3.63) is 54.1 Å². The number of primary sulfonamides is 1. The largest absolute Gasteiger partial charge is 0.452 e.